The molecule has 0 aliphatic carbocycles. The van der Waals surface area contributed by atoms with Gasteiger partial charge in [-0.05, 0) is 20.3 Å². The second kappa shape index (κ2) is 6.48. The number of nitrogens with one attached hydrogen (secondary N) is 2. The molecule has 2 amide bonds. The summed E-state index contributed by atoms with van der Waals surface area (Å²) in [5, 5.41) is 5.45. The van der Waals surface area contributed by atoms with Crippen molar-refractivity contribution in [3.05, 3.63) is 0 Å². The van der Waals surface area contributed by atoms with Crippen LogP contribution in [0.15, 0.2) is 0 Å². The third-order valence-corrected chi connectivity index (χ3v) is 2.42. The van der Waals surface area contributed by atoms with Gasteiger partial charge in [-0.25, -0.2) is 0 Å². The Morgan fingerprint density at radius 2 is 2.38 bits per heavy atom. The van der Waals surface area contributed by atoms with Crippen LogP contribution in [0.4, 0.5) is 0 Å². The quantitative estimate of drug-likeness (QED) is 0.631. The molecule has 92 valence electrons. The van der Waals surface area contributed by atoms with Crippen molar-refractivity contribution in [1.29, 1.82) is 0 Å². The van der Waals surface area contributed by atoms with E-state index in [9.17, 15) is 9.59 Å². The highest BCUT2D eigenvalue weighted by molar-refractivity contribution is 5.89. The van der Waals surface area contributed by atoms with Crippen molar-refractivity contribution in [3.8, 4) is 0 Å². The van der Waals surface area contributed by atoms with Gasteiger partial charge in [0.2, 0.25) is 11.8 Å². The topological polar surface area (TPSA) is 67.4 Å². The van der Waals surface area contributed by atoms with E-state index >= 15 is 0 Å². The molecule has 0 saturated carbocycles. The van der Waals surface area contributed by atoms with Gasteiger partial charge in [-0.15, -0.1) is 0 Å². The van der Waals surface area contributed by atoms with Gasteiger partial charge in [0.05, 0.1) is 12.0 Å². The second-order valence-electron chi connectivity index (χ2n) is 4.27. The third-order valence-electron chi connectivity index (χ3n) is 2.42. The molecule has 1 atom stereocenters. The lowest BCUT2D eigenvalue weighted by Gasteiger charge is -2.10. The molecular formula is C11H20N2O3. The zero-order valence-corrected chi connectivity index (χ0v) is 9.91. The first-order valence-electron chi connectivity index (χ1n) is 5.75. The van der Waals surface area contributed by atoms with Crippen LogP contribution in [-0.2, 0) is 14.3 Å². The van der Waals surface area contributed by atoms with Crippen LogP contribution in [0.2, 0.25) is 0 Å². The summed E-state index contributed by atoms with van der Waals surface area (Å²) in [7, 11) is 0. The highest BCUT2D eigenvalue weighted by Crippen LogP contribution is 2.08. The van der Waals surface area contributed by atoms with Crippen LogP contribution in [-0.4, -0.2) is 37.6 Å². The van der Waals surface area contributed by atoms with E-state index in [-0.39, 0.29) is 23.8 Å². The van der Waals surface area contributed by atoms with Gasteiger partial charge < -0.3 is 15.4 Å². The van der Waals surface area contributed by atoms with E-state index in [2.05, 4.69) is 10.6 Å². The van der Waals surface area contributed by atoms with Crippen molar-refractivity contribution in [2.45, 2.75) is 32.8 Å². The summed E-state index contributed by atoms with van der Waals surface area (Å²) in [6.45, 7) is 5.69. The van der Waals surface area contributed by atoms with Crippen LogP contribution in [0.3, 0.4) is 0 Å². The Morgan fingerprint density at radius 1 is 1.62 bits per heavy atom. The molecule has 0 aromatic carbocycles. The van der Waals surface area contributed by atoms with Crippen molar-refractivity contribution >= 4 is 11.8 Å². The lowest BCUT2D eigenvalue weighted by molar-refractivity contribution is -0.126. The number of hydrogen-bond acceptors (Lipinski definition) is 3. The Morgan fingerprint density at radius 3 is 2.94 bits per heavy atom. The van der Waals surface area contributed by atoms with E-state index in [4.69, 9.17) is 4.74 Å². The maximum Gasteiger partial charge on any atom is 0.225 e. The Bertz CT molecular complexity index is 254. The fourth-order valence-corrected chi connectivity index (χ4v) is 1.54. The highest BCUT2D eigenvalue weighted by atomic mass is 16.5. The molecule has 0 bridgehead atoms. The minimum Gasteiger partial charge on any atom is -0.379 e. The fourth-order valence-electron chi connectivity index (χ4n) is 1.54. The zero-order chi connectivity index (χ0) is 12.0. The Hall–Kier alpha value is -1.10. The summed E-state index contributed by atoms with van der Waals surface area (Å²) in [6.07, 6.45) is 1.35. The van der Waals surface area contributed by atoms with Crippen molar-refractivity contribution in [2.24, 2.45) is 5.92 Å². The highest BCUT2D eigenvalue weighted by Gasteiger charge is 2.27. The normalized spacial score (nSPS) is 19.9. The molecule has 0 radical (unpaired) electrons. The summed E-state index contributed by atoms with van der Waals surface area (Å²) in [5.74, 6) is -0.273. The minimum absolute atomic E-state index is 0.0386. The number of ether oxygens (including phenoxy) is 1. The third kappa shape index (κ3) is 4.61. The Balaban J connectivity index is 2.04. The average molecular weight is 228 g/mol. The SMILES string of the molecule is CC(C)OCCCNC(=O)C1CNC(=O)C1. The maximum atomic E-state index is 11.5. The predicted octanol–water partition coefficient (Wildman–Crippen LogP) is 0.0538. The van der Waals surface area contributed by atoms with Crippen molar-refractivity contribution in [1.82, 2.24) is 10.6 Å². The number of carbonyl (C=O) groups is 2. The van der Waals surface area contributed by atoms with Gasteiger partial charge in [0.1, 0.15) is 0 Å². The standard InChI is InChI=1S/C11H20N2O3/c1-8(2)16-5-3-4-12-11(15)9-6-10(14)13-7-9/h8-9H,3-7H2,1-2H3,(H,12,15)(H,13,14). The van der Waals surface area contributed by atoms with Gasteiger partial charge >= 0.3 is 0 Å². The van der Waals surface area contributed by atoms with E-state index in [1.165, 1.54) is 0 Å². The van der Waals surface area contributed by atoms with Crippen molar-refractivity contribution in [3.63, 3.8) is 0 Å². The number of rotatable bonds is 6. The summed E-state index contributed by atoms with van der Waals surface area (Å²) >= 11 is 0. The molecule has 1 fully saturated rings. The van der Waals surface area contributed by atoms with Crippen LogP contribution in [0, 0.1) is 5.92 Å². The fraction of sp³-hybridized carbons (Fsp3) is 0.818. The van der Waals surface area contributed by atoms with Crippen LogP contribution < -0.4 is 10.6 Å². The number of hydrogen-bond donors (Lipinski definition) is 2. The van der Waals surface area contributed by atoms with E-state index in [0.717, 1.165) is 6.42 Å². The van der Waals surface area contributed by atoms with E-state index < -0.39 is 0 Å². The lowest BCUT2D eigenvalue weighted by atomic mass is 10.1. The van der Waals surface area contributed by atoms with Gasteiger partial charge in [0, 0.05) is 26.1 Å². The number of amides is 2. The summed E-state index contributed by atoms with van der Waals surface area (Å²) in [5.41, 5.74) is 0. The first kappa shape index (κ1) is 13.0. The molecule has 0 aromatic heterocycles. The molecule has 1 heterocycles. The lowest BCUT2D eigenvalue weighted by Crippen LogP contribution is -2.33. The monoisotopic (exact) mass is 228 g/mol. The Kier molecular flexibility index (Phi) is 5.25. The van der Waals surface area contributed by atoms with Crippen LogP contribution in [0.5, 0.6) is 0 Å². The molecule has 1 aliphatic heterocycles. The van der Waals surface area contributed by atoms with Crippen molar-refractivity contribution in [2.75, 3.05) is 19.7 Å². The first-order chi connectivity index (χ1) is 7.59. The van der Waals surface area contributed by atoms with E-state index in [0.29, 0.717) is 26.1 Å². The molecule has 1 aliphatic rings. The van der Waals surface area contributed by atoms with E-state index in [1.54, 1.807) is 0 Å². The molecule has 1 rings (SSSR count). The minimum atomic E-state index is -0.196. The van der Waals surface area contributed by atoms with Gasteiger partial charge in [0.25, 0.3) is 0 Å². The molecule has 1 saturated heterocycles. The predicted molar refractivity (Wildman–Crippen MR) is 59.8 cm³/mol. The largest absolute Gasteiger partial charge is 0.379 e. The number of carbonyl (C=O) groups excluding carboxylic acids is 2. The smallest absolute Gasteiger partial charge is 0.225 e. The molecule has 5 heteroatoms. The molecule has 2 N–H and O–H groups in total. The molecule has 5 nitrogen and oxygen atoms in total. The van der Waals surface area contributed by atoms with Crippen LogP contribution in [0.1, 0.15) is 26.7 Å². The average Bonchev–Trinajstić information content (AvgIpc) is 2.63. The van der Waals surface area contributed by atoms with Crippen LogP contribution >= 0.6 is 0 Å². The molecule has 16 heavy (non-hydrogen) atoms. The zero-order valence-electron chi connectivity index (χ0n) is 9.91. The molecule has 1 unspecified atom stereocenters. The van der Waals surface area contributed by atoms with Gasteiger partial charge in [-0.1, -0.05) is 0 Å². The maximum absolute atomic E-state index is 11.5. The van der Waals surface area contributed by atoms with Gasteiger partial charge in [0.15, 0.2) is 0 Å². The van der Waals surface area contributed by atoms with Gasteiger partial charge in [-0.3, -0.25) is 9.59 Å². The van der Waals surface area contributed by atoms with E-state index in [1.807, 2.05) is 13.8 Å². The van der Waals surface area contributed by atoms with Crippen LogP contribution in [0.25, 0.3) is 0 Å². The summed E-state index contributed by atoms with van der Waals surface area (Å²) in [4.78, 5) is 22.4. The molecule has 0 aromatic rings. The summed E-state index contributed by atoms with van der Waals surface area (Å²) in [6, 6.07) is 0. The molecule has 0 spiro atoms. The Labute approximate surface area is 95.9 Å². The van der Waals surface area contributed by atoms with Crippen molar-refractivity contribution < 1.29 is 14.3 Å². The van der Waals surface area contributed by atoms with Gasteiger partial charge in [-0.2, -0.15) is 0 Å². The molecular weight excluding hydrogens is 208 g/mol. The first-order valence-corrected chi connectivity index (χ1v) is 5.75. The summed E-state index contributed by atoms with van der Waals surface area (Å²) < 4.78 is 5.35. The second-order valence-corrected chi connectivity index (χ2v) is 4.27.